The van der Waals surface area contributed by atoms with E-state index in [9.17, 15) is 8.42 Å². The van der Waals surface area contributed by atoms with Gasteiger partial charge in [-0.05, 0) is 36.4 Å². The zero-order valence-electron chi connectivity index (χ0n) is 11.3. The van der Waals surface area contributed by atoms with Gasteiger partial charge in [-0.15, -0.1) is 0 Å². The second-order valence-corrected chi connectivity index (χ2v) is 8.06. The van der Waals surface area contributed by atoms with Crippen LogP contribution in [0.15, 0.2) is 61.6 Å². The van der Waals surface area contributed by atoms with Crippen molar-refractivity contribution >= 4 is 43.4 Å². The van der Waals surface area contributed by atoms with Gasteiger partial charge in [0.2, 0.25) is 10.0 Å². The summed E-state index contributed by atoms with van der Waals surface area (Å²) in [6.45, 7) is 2.09. The summed E-state index contributed by atoms with van der Waals surface area (Å²) in [6.07, 6.45) is 0. The van der Waals surface area contributed by atoms with E-state index in [-0.39, 0.29) is 4.90 Å². The van der Waals surface area contributed by atoms with Gasteiger partial charge in [0.15, 0.2) is 0 Å². The molecular weight excluding hydrogens is 372 g/mol. The van der Waals surface area contributed by atoms with Gasteiger partial charge >= 0.3 is 0 Å². The number of halogens is 1. The van der Waals surface area contributed by atoms with Crippen LogP contribution in [0.1, 0.15) is 6.92 Å². The van der Waals surface area contributed by atoms with Crippen molar-refractivity contribution in [2.45, 2.75) is 21.6 Å². The van der Waals surface area contributed by atoms with E-state index in [2.05, 4.69) is 20.7 Å². The van der Waals surface area contributed by atoms with Crippen molar-refractivity contribution in [2.75, 3.05) is 12.3 Å². The molecule has 3 N–H and O–H groups in total. The molecule has 0 heterocycles. The van der Waals surface area contributed by atoms with Gasteiger partial charge in [-0.3, -0.25) is 0 Å². The summed E-state index contributed by atoms with van der Waals surface area (Å²) < 4.78 is 27.5. The van der Waals surface area contributed by atoms with Gasteiger partial charge in [0.1, 0.15) is 0 Å². The smallest absolute Gasteiger partial charge is 0.240 e. The predicted molar refractivity (Wildman–Crippen MR) is 90.0 cm³/mol. The maximum Gasteiger partial charge on any atom is 0.240 e. The highest BCUT2D eigenvalue weighted by atomic mass is 79.9. The summed E-state index contributed by atoms with van der Waals surface area (Å²) in [5.74, 6) is 0. The number of anilines is 1. The Balaban J connectivity index is 2.36. The highest BCUT2D eigenvalue weighted by Gasteiger charge is 2.14. The van der Waals surface area contributed by atoms with Gasteiger partial charge in [0, 0.05) is 26.5 Å². The van der Waals surface area contributed by atoms with E-state index in [1.54, 1.807) is 19.1 Å². The number of nitrogens with two attached hydrogens (primary N) is 1. The zero-order chi connectivity index (χ0) is 15.5. The fourth-order valence-corrected chi connectivity index (χ4v) is 4.35. The van der Waals surface area contributed by atoms with Crippen LogP contribution in [0.2, 0.25) is 0 Å². The van der Waals surface area contributed by atoms with Crippen molar-refractivity contribution in [3.8, 4) is 0 Å². The standard InChI is InChI=1S/C14H15BrN2O2S2/c1-2-17-21(18,19)12-6-7-13(16)14(9-12)20-11-5-3-4-10(15)8-11/h3-9,17H,2,16H2,1H3. The minimum absolute atomic E-state index is 0.219. The normalized spacial score (nSPS) is 11.5. The largest absolute Gasteiger partial charge is 0.398 e. The van der Waals surface area contributed by atoms with E-state index in [0.717, 1.165) is 9.37 Å². The third-order valence-corrected chi connectivity index (χ3v) is 5.75. The Labute approximate surface area is 137 Å². The quantitative estimate of drug-likeness (QED) is 0.771. The van der Waals surface area contributed by atoms with Crippen LogP contribution in [0.25, 0.3) is 0 Å². The Bertz CT molecular complexity index is 748. The van der Waals surface area contributed by atoms with Crippen molar-refractivity contribution < 1.29 is 8.42 Å². The summed E-state index contributed by atoms with van der Waals surface area (Å²) >= 11 is 4.84. The second kappa shape index (κ2) is 6.83. The van der Waals surface area contributed by atoms with Crippen LogP contribution < -0.4 is 10.5 Å². The summed E-state index contributed by atoms with van der Waals surface area (Å²) in [5.41, 5.74) is 6.50. The lowest BCUT2D eigenvalue weighted by molar-refractivity contribution is 0.583. The van der Waals surface area contributed by atoms with Crippen molar-refractivity contribution in [3.05, 3.63) is 46.9 Å². The molecule has 0 aliphatic carbocycles. The lowest BCUT2D eigenvalue weighted by Crippen LogP contribution is -2.23. The first-order valence-corrected chi connectivity index (χ1v) is 9.34. The molecule has 0 saturated carbocycles. The molecule has 21 heavy (non-hydrogen) atoms. The molecule has 0 atom stereocenters. The van der Waals surface area contributed by atoms with E-state index in [0.29, 0.717) is 17.1 Å². The van der Waals surface area contributed by atoms with Crippen LogP contribution in [-0.2, 0) is 10.0 Å². The van der Waals surface area contributed by atoms with Crippen molar-refractivity contribution in [1.29, 1.82) is 0 Å². The molecule has 112 valence electrons. The average Bonchev–Trinajstić information content (AvgIpc) is 2.41. The summed E-state index contributed by atoms with van der Waals surface area (Å²) in [6, 6.07) is 12.5. The summed E-state index contributed by atoms with van der Waals surface area (Å²) in [5, 5.41) is 0. The first kappa shape index (κ1) is 16.4. The lowest BCUT2D eigenvalue weighted by atomic mass is 10.3. The Morgan fingerprint density at radius 1 is 1.24 bits per heavy atom. The molecule has 2 aromatic rings. The van der Waals surface area contributed by atoms with E-state index >= 15 is 0 Å². The highest BCUT2D eigenvalue weighted by Crippen LogP contribution is 2.34. The molecule has 0 bridgehead atoms. The molecule has 7 heteroatoms. The minimum atomic E-state index is -3.48. The molecule has 0 aromatic heterocycles. The molecular formula is C14H15BrN2O2S2. The molecule has 0 saturated heterocycles. The minimum Gasteiger partial charge on any atom is -0.398 e. The molecule has 0 radical (unpaired) electrons. The number of benzene rings is 2. The molecule has 0 spiro atoms. The fourth-order valence-electron chi connectivity index (χ4n) is 1.70. The lowest BCUT2D eigenvalue weighted by Gasteiger charge is -2.09. The Hall–Kier alpha value is -1.02. The van der Waals surface area contributed by atoms with E-state index in [1.165, 1.54) is 17.8 Å². The van der Waals surface area contributed by atoms with E-state index in [4.69, 9.17) is 5.73 Å². The van der Waals surface area contributed by atoms with Crippen molar-refractivity contribution in [2.24, 2.45) is 0 Å². The first-order chi connectivity index (χ1) is 9.92. The number of nitrogens with one attached hydrogen (secondary N) is 1. The highest BCUT2D eigenvalue weighted by molar-refractivity contribution is 9.10. The zero-order valence-corrected chi connectivity index (χ0v) is 14.6. The van der Waals surface area contributed by atoms with Gasteiger partial charge in [0.25, 0.3) is 0 Å². The van der Waals surface area contributed by atoms with Gasteiger partial charge in [-0.25, -0.2) is 13.1 Å². The Kier molecular flexibility index (Phi) is 5.32. The van der Waals surface area contributed by atoms with Crippen LogP contribution >= 0.6 is 27.7 Å². The molecule has 0 fully saturated rings. The summed E-state index contributed by atoms with van der Waals surface area (Å²) in [4.78, 5) is 1.91. The van der Waals surface area contributed by atoms with Crippen LogP contribution in [0.3, 0.4) is 0 Å². The predicted octanol–water partition coefficient (Wildman–Crippen LogP) is 3.48. The van der Waals surface area contributed by atoms with Gasteiger partial charge in [0.05, 0.1) is 4.90 Å². The Morgan fingerprint density at radius 2 is 2.00 bits per heavy atom. The Morgan fingerprint density at radius 3 is 2.67 bits per heavy atom. The molecule has 2 aromatic carbocycles. The number of sulfonamides is 1. The molecule has 0 amide bonds. The number of rotatable bonds is 5. The molecule has 4 nitrogen and oxygen atoms in total. The monoisotopic (exact) mass is 386 g/mol. The summed E-state index contributed by atoms with van der Waals surface area (Å²) in [7, 11) is -3.48. The fraction of sp³-hybridized carbons (Fsp3) is 0.143. The number of hydrogen-bond acceptors (Lipinski definition) is 4. The van der Waals surface area contributed by atoms with Crippen LogP contribution in [0.4, 0.5) is 5.69 Å². The van der Waals surface area contributed by atoms with Gasteiger partial charge in [-0.2, -0.15) is 0 Å². The number of hydrogen-bond donors (Lipinski definition) is 2. The maximum absolute atomic E-state index is 12.0. The van der Waals surface area contributed by atoms with Crippen molar-refractivity contribution in [1.82, 2.24) is 4.72 Å². The topological polar surface area (TPSA) is 72.2 Å². The van der Waals surface area contributed by atoms with Crippen molar-refractivity contribution in [3.63, 3.8) is 0 Å². The third-order valence-electron chi connectivity index (χ3n) is 2.65. The molecule has 2 rings (SSSR count). The number of nitrogen functional groups attached to an aromatic ring is 1. The van der Waals surface area contributed by atoms with Crippen LogP contribution in [-0.4, -0.2) is 15.0 Å². The molecule has 0 aliphatic rings. The SMILES string of the molecule is CCNS(=O)(=O)c1ccc(N)c(Sc2cccc(Br)c2)c1. The first-order valence-electron chi connectivity index (χ1n) is 6.25. The maximum atomic E-state index is 12.0. The molecule has 0 aliphatic heterocycles. The van der Waals surface area contributed by atoms with E-state index in [1.807, 2.05) is 24.3 Å². The molecule has 0 unspecified atom stereocenters. The van der Waals surface area contributed by atoms with E-state index < -0.39 is 10.0 Å². The van der Waals surface area contributed by atoms with Crippen LogP contribution in [0, 0.1) is 0 Å². The van der Waals surface area contributed by atoms with Gasteiger partial charge < -0.3 is 5.73 Å². The van der Waals surface area contributed by atoms with Gasteiger partial charge in [-0.1, -0.05) is 40.7 Å². The third kappa shape index (κ3) is 4.23. The average molecular weight is 387 g/mol. The van der Waals surface area contributed by atoms with Crippen LogP contribution in [0.5, 0.6) is 0 Å². The second-order valence-electron chi connectivity index (χ2n) is 4.26.